The Hall–Kier alpha value is -1.51. The van der Waals surface area contributed by atoms with E-state index in [9.17, 15) is 19.0 Å². The Kier molecular flexibility index (Phi) is 31.4. The number of rotatable bonds is 35. The van der Waals surface area contributed by atoms with Crippen LogP contribution in [0.15, 0.2) is 24.3 Å². The van der Waals surface area contributed by atoms with Gasteiger partial charge in [0.15, 0.2) is 6.10 Å². The Bertz CT molecular complexity index is 902. The summed E-state index contributed by atoms with van der Waals surface area (Å²) in [5.41, 5.74) is 0. The molecule has 0 saturated heterocycles. The van der Waals surface area contributed by atoms with E-state index in [1.54, 1.807) is 0 Å². The fourth-order valence-corrected chi connectivity index (χ4v) is 5.78. The zero-order chi connectivity index (χ0) is 36.5. The second-order valence-corrected chi connectivity index (χ2v) is 15.7. The van der Waals surface area contributed by atoms with E-state index in [0.717, 1.165) is 64.2 Å². The smallest absolute Gasteiger partial charge is 0.306 e. The fraction of sp³-hybridized carbons (Fsp3) is 0.846. The summed E-state index contributed by atoms with van der Waals surface area (Å²) in [5.74, 6) is -0.865. The lowest BCUT2D eigenvalue weighted by atomic mass is 10.1. The third kappa shape index (κ3) is 36.1. The quantitative estimate of drug-likeness (QED) is 0.0210. The van der Waals surface area contributed by atoms with Crippen molar-refractivity contribution in [3.8, 4) is 0 Å². The number of ether oxygens (including phenoxy) is 2. The second-order valence-electron chi connectivity index (χ2n) is 14.3. The van der Waals surface area contributed by atoms with Gasteiger partial charge in [0, 0.05) is 12.8 Å². The average Bonchev–Trinajstić information content (AvgIpc) is 3.04. The van der Waals surface area contributed by atoms with Gasteiger partial charge in [-0.1, -0.05) is 109 Å². The van der Waals surface area contributed by atoms with E-state index in [0.29, 0.717) is 17.4 Å². The van der Waals surface area contributed by atoms with Gasteiger partial charge in [0.2, 0.25) is 0 Å². The SMILES string of the molecule is CCCCC/C=C/CCCCCCCC(=O)OC[C@H](COP(=O)([O-])OCC[N+](C)(C)C)OC(=O)CCCCC/C=C/CCCCCCCC. The number of carbonyl (C=O) groups excluding carboxylic acids is 2. The van der Waals surface area contributed by atoms with Crippen molar-refractivity contribution in [2.75, 3.05) is 47.5 Å². The molecule has 0 N–H and O–H groups in total. The zero-order valence-electron chi connectivity index (χ0n) is 32.1. The average molecular weight is 716 g/mol. The highest BCUT2D eigenvalue weighted by Gasteiger charge is 2.21. The van der Waals surface area contributed by atoms with Crippen molar-refractivity contribution < 1.29 is 42.1 Å². The highest BCUT2D eigenvalue weighted by Crippen LogP contribution is 2.38. The van der Waals surface area contributed by atoms with Crippen LogP contribution in [0.25, 0.3) is 0 Å². The first-order chi connectivity index (χ1) is 23.5. The van der Waals surface area contributed by atoms with Crippen LogP contribution < -0.4 is 4.89 Å². The molecule has 0 fully saturated rings. The summed E-state index contributed by atoms with van der Waals surface area (Å²) in [5, 5.41) is 0. The van der Waals surface area contributed by atoms with Gasteiger partial charge < -0.3 is 27.9 Å². The first-order valence-electron chi connectivity index (χ1n) is 19.5. The third-order valence-corrected chi connectivity index (χ3v) is 9.16. The van der Waals surface area contributed by atoms with Crippen LogP contribution in [0.5, 0.6) is 0 Å². The van der Waals surface area contributed by atoms with Crippen molar-refractivity contribution in [1.82, 2.24) is 0 Å². The molecule has 0 radical (unpaired) electrons. The van der Waals surface area contributed by atoms with E-state index in [1.165, 1.54) is 64.2 Å². The number of likely N-dealkylation sites (N-methyl/N-ethyl adjacent to an activating group) is 1. The van der Waals surface area contributed by atoms with Crippen LogP contribution in [0.2, 0.25) is 0 Å². The number of hydrogen-bond donors (Lipinski definition) is 0. The van der Waals surface area contributed by atoms with Crippen molar-refractivity contribution >= 4 is 19.8 Å². The normalized spacial score (nSPS) is 14.0. The number of nitrogens with zero attached hydrogens (tertiary/aromatic N) is 1. The maximum Gasteiger partial charge on any atom is 0.306 e. The van der Waals surface area contributed by atoms with E-state index < -0.39 is 32.5 Å². The molecule has 0 aromatic rings. The molecule has 0 aliphatic heterocycles. The van der Waals surface area contributed by atoms with Gasteiger partial charge in [-0.15, -0.1) is 0 Å². The molecule has 0 amide bonds. The van der Waals surface area contributed by atoms with Crippen molar-refractivity contribution in [3.63, 3.8) is 0 Å². The molecular formula is C39H74NO8P. The van der Waals surface area contributed by atoms with E-state index in [4.69, 9.17) is 18.5 Å². The molecule has 9 nitrogen and oxygen atoms in total. The summed E-state index contributed by atoms with van der Waals surface area (Å²) in [7, 11) is 1.15. The lowest BCUT2D eigenvalue weighted by Gasteiger charge is -2.28. The molecular weight excluding hydrogens is 641 g/mol. The standard InChI is InChI=1S/C39H74NO8P/c1-6-8-10-12-14-16-18-20-22-24-26-28-30-32-39(42)48-37(36-47-49(43,44)46-34-33-40(3,4)5)35-45-38(41)31-29-27-25-23-21-19-17-15-13-11-9-7-2/h15,17,20,22,37H,6-14,16,18-19,21,23-36H2,1-5H3/b17-15+,22-20+/t37-/m1/s1. The van der Waals surface area contributed by atoms with E-state index in [1.807, 2.05) is 21.1 Å². The lowest BCUT2D eigenvalue weighted by molar-refractivity contribution is -0.870. The molecule has 0 spiro atoms. The van der Waals surface area contributed by atoms with Gasteiger partial charge in [0.25, 0.3) is 7.82 Å². The Labute approximate surface area is 300 Å². The van der Waals surface area contributed by atoms with Gasteiger partial charge >= 0.3 is 11.9 Å². The van der Waals surface area contributed by atoms with Crippen LogP contribution in [-0.2, 0) is 32.7 Å². The van der Waals surface area contributed by atoms with Crippen molar-refractivity contribution in [1.29, 1.82) is 0 Å². The highest BCUT2D eigenvalue weighted by atomic mass is 31.2. The Balaban J connectivity index is 4.47. The number of unbranched alkanes of at least 4 members (excludes halogenated alkanes) is 17. The third-order valence-electron chi connectivity index (χ3n) is 8.19. The van der Waals surface area contributed by atoms with Crippen LogP contribution in [0.4, 0.5) is 0 Å². The topological polar surface area (TPSA) is 111 Å². The number of esters is 2. The van der Waals surface area contributed by atoms with Crippen LogP contribution in [0, 0.1) is 0 Å². The van der Waals surface area contributed by atoms with Gasteiger partial charge in [0.1, 0.15) is 19.8 Å². The maximum absolute atomic E-state index is 12.6. The molecule has 0 rings (SSSR count). The summed E-state index contributed by atoms with van der Waals surface area (Å²) < 4.78 is 33.7. The first-order valence-corrected chi connectivity index (χ1v) is 21.0. The molecule has 0 aromatic heterocycles. The van der Waals surface area contributed by atoms with Gasteiger partial charge in [0.05, 0.1) is 27.7 Å². The van der Waals surface area contributed by atoms with Gasteiger partial charge in [-0.25, -0.2) is 0 Å². The van der Waals surface area contributed by atoms with E-state index in [-0.39, 0.29) is 26.1 Å². The van der Waals surface area contributed by atoms with E-state index >= 15 is 0 Å². The monoisotopic (exact) mass is 716 g/mol. The predicted molar refractivity (Wildman–Crippen MR) is 199 cm³/mol. The zero-order valence-corrected chi connectivity index (χ0v) is 33.0. The van der Waals surface area contributed by atoms with Crippen LogP contribution in [0.1, 0.15) is 162 Å². The first kappa shape index (κ1) is 47.5. The minimum atomic E-state index is -4.62. The molecule has 10 heteroatoms. The second kappa shape index (κ2) is 32.4. The minimum absolute atomic E-state index is 0.0340. The number of allylic oxidation sites excluding steroid dienone is 4. The molecule has 0 heterocycles. The number of phosphoric acid groups is 1. The molecule has 0 bridgehead atoms. The molecule has 0 aliphatic rings. The Morgan fingerprint density at radius 3 is 1.57 bits per heavy atom. The van der Waals surface area contributed by atoms with Crippen LogP contribution in [-0.4, -0.2) is 70.0 Å². The molecule has 0 aliphatic carbocycles. The van der Waals surface area contributed by atoms with Crippen LogP contribution >= 0.6 is 7.82 Å². The molecule has 49 heavy (non-hydrogen) atoms. The molecule has 288 valence electrons. The maximum atomic E-state index is 12.6. The van der Waals surface area contributed by atoms with Crippen molar-refractivity contribution in [2.45, 2.75) is 168 Å². The number of quaternary nitrogens is 1. The van der Waals surface area contributed by atoms with Gasteiger partial charge in [-0.3, -0.25) is 14.2 Å². The Morgan fingerprint density at radius 1 is 0.612 bits per heavy atom. The highest BCUT2D eigenvalue weighted by molar-refractivity contribution is 7.45. The Morgan fingerprint density at radius 2 is 1.04 bits per heavy atom. The minimum Gasteiger partial charge on any atom is -0.756 e. The van der Waals surface area contributed by atoms with Crippen molar-refractivity contribution in [2.24, 2.45) is 0 Å². The number of hydrogen-bond acceptors (Lipinski definition) is 8. The molecule has 0 saturated carbocycles. The summed E-state index contributed by atoms with van der Waals surface area (Å²) in [6.45, 7) is 4.15. The molecule has 0 aromatic carbocycles. The summed E-state index contributed by atoms with van der Waals surface area (Å²) >= 11 is 0. The van der Waals surface area contributed by atoms with E-state index in [2.05, 4.69) is 38.2 Å². The number of carbonyl (C=O) groups is 2. The van der Waals surface area contributed by atoms with Crippen molar-refractivity contribution in [3.05, 3.63) is 24.3 Å². The summed E-state index contributed by atoms with van der Waals surface area (Å²) in [6, 6.07) is 0. The molecule has 2 atom stereocenters. The molecule has 1 unspecified atom stereocenters. The lowest BCUT2D eigenvalue weighted by Crippen LogP contribution is -2.37. The van der Waals surface area contributed by atoms with Gasteiger partial charge in [-0.05, 0) is 64.2 Å². The number of phosphoric ester groups is 1. The largest absolute Gasteiger partial charge is 0.756 e. The van der Waals surface area contributed by atoms with Crippen LogP contribution in [0.3, 0.4) is 0 Å². The summed E-state index contributed by atoms with van der Waals surface area (Å²) in [4.78, 5) is 37.3. The predicted octanol–water partition coefficient (Wildman–Crippen LogP) is 9.77. The van der Waals surface area contributed by atoms with Gasteiger partial charge in [-0.2, -0.15) is 0 Å². The summed E-state index contributed by atoms with van der Waals surface area (Å²) in [6.07, 6.45) is 32.0. The fourth-order valence-electron chi connectivity index (χ4n) is 5.05.